The molecule has 122 valence electrons. The first-order valence-electron chi connectivity index (χ1n) is 8.39. The molecule has 0 aliphatic heterocycles. The van der Waals surface area contributed by atoms with Crippen LogP contribution >= 0.6 is 23.2 Å². The van der Waals surface area contributed by atoms with Gasteiger partial charge in [-0.1, -0.05) is 55.5 Å². The number of allylic oxidation sites excluding steroid dienone is 2. The van der Waals surface area contributed by atoms with Crippen LogP contribution in [-0.2, 0) is 0 Å². The summed E-state index contributed by atoms with van der Waals surface area (Å²) in [5.41, 5.74) is 10.1. The Morgan fingerprint density at radius 3 is 1.54 bits per heavy atom. The third-order valence-electron chi connectivity index (χ3n) is 5.47. The SMILES string of the molecule is Cc1cccc2c1C=C(C(C)C1=Cc3c(C)cccc3C1Cl)C2Cl. The van der Waals surface area contributed by atoms with Crippen molar-refractivity contribution in [3.05, 3.63) is 80.9 Å². The van der Waals surface area contributed by atoms with E-state index in [1.165, 1.54) is 44.5 Å². The lowest BCUT2D eigenvalue weighted by Crippen LogP contribution is -2.07. The average molecular weight is 355 g/mol. The highest BCUT2D eigenvalue weighted by molar-refractivity contribution is 6.25. The van der Waals surface area contributed by atoms with Crippen molar-refractivity contribution in [2.24, 2.45) is 5.92 Å². The van der Waals surface area contributed by atoms with Crippen molar-refractivity contribution in [2.75, 3.05) is 0 Å². The Morgan fingerprint density at radius 2 is 1.17 bits per heavy atom. The Balaban J connectivity index is 1.73. The van der Waals surface area contributed by atoms with Gasteiger partial charge in [0.2, 0.25) is 0 Å². The third kappa shape index (κ3) is 2.28. The molecule has 2 aliphatic rings. The first kappa shape index (κ1) is 16.0. The number of hydrogen-bond donors (Lipinski definition) is 0. The molecule has 0 radical (unpaired) electrons. The molecule has 2 atom stereocenters. The van der Waals surface area contributed by atoms with Gasteiger partial charge < -0.3 is 0 Å². The predicted molar refractivity (Wildman–Crippen MR) is 105 cm³/mol. The lowest BCUT2D eigenvalue weighted by molar-refractivity contribution is 0.753. The molecule has 4 rings (SSSR count). The van der Waals surface area contributed by atoms with Crippen LogP contribution in [0.3, 0.4) is 0 Å². The number of rotatable bonds is 2. The molecule has 0 heterocycles. The molecule has 2 aromatic carbocycles. The highest BCUT2D eigenvalue weighted by Crippen LogP contribution is 2.51. The Labute approximate surface area is 153 Å². The zero-order valence-electron chi connectivity index (χ0n) is 14.1. The molecule has 0 bridgehead atoms. The smallest absolute Gasteiger partial charge is 0.0810 e. The highest BCUT2D eigenvalue weighted by Gasteiger charge is 2.34. The van der Waals surface area contributed by atoms with Crippen LogP contribution in [0.25, 0.3) is 12.2 Å². The summed E-state index contributed by atoms with van der Waals surface area (Å²) in [6, 6.07) is 12.7. The van der Waals surface area contributed by atoms with Gasteiger partial charge in [0.25, 0.3) is 0 Å². The first-order chi connectivity index (χ1) is 11.5. The van der Waals surface area contributed by atoms with Crippen molar-refractivity contribution in [2.45, 2.75) is 31.5 Å². The van der Waals surface area contributed by atoms with Crippen LogP contribution in [0.5, 0.6) is 0 Å². The second-order valence-electron chi connectivity index (χ2n) is 6.89. The summed E-state index contributed by atoms with van der Waals surface area (Å²) in [5.74, 6) is 0.230. The van der Waals surface area contributed by atoms with Gasteiger partial charge in [0, 0.05) is 5.92 Å². The molecule has 2 aliphatic carbocycles. The minimum Gasteiger partial charge on any atom is -0.113 e. The fourth-order valence-corrected chi connectivity index (χ4v) is 4.85. The van der Waals surface area contributed by atoms with E-state index in [4.69, 9.17) is 23.2 Å². The zero-order valence-corrected chi connectivity index (χ0v) is 15.6. The van der Waals surface area contributed by atoms with Gasteiger partial charge in [0.05, 0.1) is 10.8 Å². The Hall–Kier alpha value is -1.50. The van der Waals surface area contributed by atoms with E-state index in [0.29, 0.717) is 0 Å². The van der Waals surface area contributed by atoms with E-state index in [2.05, 4.69) is 69.3 Å². The summed E-state index contributed by atoms with van der Waals surface area (Å²) in [6.45, 7) is 6.51. The standard InChI is InChI=1S/C22H20Cl2/c1-12-6-4-8-15-17(12)10-19(21(15)23)14(3)20-11-18-13(2)7-5-9-16(18)22(20)24/h4-11,14,21-22H,1-3H3. The van der Waals surface area contributed by atoms with Gasteiger partial charge in [-0.05, 0) is 58.4 Å². The molecule has 0 saturated carbocycles. The molecule has 0 aromatic heterocycles. The van der Waals surface area contributed by atoms with Gasteiger partial charge in [-0.3, -0.25) is 0 Å². The van der Waals surface area contributed by atoms with E-state index in [9.17, 15) is 0 Å². The van der Waals surface area contributed by atoms with Gasteiger partial charge in [0.1, 0.15) is 0 Å². The number of halogens is 2. The summed E-state index contributed by atoms with van der Waals surface area (Å²) in [6.07, 6.45) is 4.54. The van der Waals surface area contributed by atoms with E-state index >= 15 is 0 Å². The largest absolute Gasteiger partial charge is 0.113 e. The summed E-state index contributed by atoms with van der Waals surface area (Å²) >= 11 is 13.6. The van der Waals surface area contributed by atoms with Crippen molar-refractivity contribution in [3.8, 4) is 0 Å². The van der Waals surface area contributed by atoms with Crippen molar-refractivity contribution < 1.29 is 0 Å². The van der Waals surface area contributed by atoms with Crippen molar-refractivity contribution in [1.82, 2.24) is 0 Å². The van der Waals surface area contributed by atoms with Crippen LogP contribution in [0.2, 0.25) is 0 Å². The molecule has 2 heteroatoms. The van der Waals surface area contributed by atoms with E-state index < -0.39 is 0 Å². The van der Waals surface area contributed by atoms with Crippen LogP contribution in [0, 0.1) is 19.8 Å². The summed E-state index contributed by atoms with van der Waals surface area (Å²) in [7, 11) is 0. The Kier molecular flexibility index (Phi) is 3.86. The first-order valence-corrected chi connectivity index (χ1v) is 9.26. The summed E-state index contributed by atoms with van der Waals surface area (Å²) in [5, 5.41) is -0.131. The van der Waals surface area contributed by atoms with E-state index in [0.717, 1.165) is 0 Å². The van der Waals surface area contributed by atoms with Gasteiger partial charge in [-0.15, -0.1) is 23.2 Å². The lowest BCUT2D eigenvalue weighted by atomic mass is 9.89. The average Bonchev–Trinajstić information content (AvgIpc) is 3.08. The molecule has 0 nitrogen and oxygen atoms in total. The normalized spacial score (nSPS) is 22.7. The lowest BCUT2D eigenvalue weighted by Gasteiger charge is -2.21. The minimum absolute atomic E-state index is 0.0653. The Bertz CT molecular complexity index is 815. The van der Waals surface area contributed by atoms with E-state index in [1.54, 1.807) is 0 Å². The molecule has 24 heavy (non-hydrogen) atoms. The fraction of sp³-hybridized carbons (Fsp3) is 0.273. The molecule has 2 aromatic rings. The van der Waals surface area contributed by atoms with Crippen molar-refractivity contribution in [1.29, 1.82) is 0 Å². The fourth-order valence-electron chi connectivity index (χ4n) is 3.96. The van der Waals surface area contributed by atoms with Crippen LogP contribution in [0.1, 0.15) is 51.1 Å². The molecule has 2 unspecified atom stereocenters. The predicted octanol–water partition coefficient (Wildman–Crippen LogP) is 6.99. The Morgan fingerprint density at radius 1 is 0.750 bits per heavy atom. The highest BCUT2D eigenvalue weighted by atomic mass is 35.5. The van der Waals surface area contributed by atoms with Crippen LogP contribution in [0.15, 0.2) is 47.5 Å². The van der Waals surface area contributed by atoms with Crippen molar-refractivity contribution >= 4 is 35.4 Å². The van der Waals surface area contributed by atoms with Crippen LogP contribution in [-0.4, -0.2) is 0 Å². The van der Waals surface area contributed by atoms with Crippen molar-refractivity contribution in [3.63, 3.8) is 0 Å². The quantitative estimate of drug-likeness (QED) is 0.509. The van der Waals surface area contributed by atoms with E-state index in [-0.39, 0.29) is 16.7 Å². The molecule has 0 N–H and O–H groups in total. The number of hydrogen-bond acceptors (Lipinski definition) is 0. The zero-order chi connectivity index (χ0) is 17.0. The van der Waals surface area contributed by atoms with Crippen LogP contribution in [0.4, 0.5) is 0 Å². The minimum atomic E-state index is -0.0653. The van der Waals surface area contributed by atoms with Crippen LogP contribution < -0.4 is 0 Å². The number of alkyl halides is 2. The molecule has 0 amide bonds. The van der Waals surface area contributed by atoms with Gasteiger partial charge >= 0.3 is 0 Å². The molecule has 0 fully saturated rings. The maximum absolute atomic E-state index is 6.81. The summed E-state index contributed by atoms with van der Waals surface area (Å²) in [4.78, 5) is 0. The number of aryl methyl sites for hydroxylation is 2. The molecule has 0 spiro atoms. The second kappa shape index (κ2) is 5.79. The molecule has 0 saturated heterocycles. The third-order valence-corrected chi connectivity index (χ3v) is 6.44. The molecular formula is C22H20Cl2. The maximum Gasteiger partial charge on any atom is 0.0810 e. The monoisotopic (exact) mass is 354 g/mol. The van der Waals surface area contributed by atoms with Gasteiger partial charge in [-0.25, -0.2) is 0 Å². The van der Waals surface area contributed by atoms with Gasteiger partial charge in [0.15, 0.2) is 0 Å². The molecular weight excluding hydrogens is 335 g/mol. The van der Waals surface area contributed by atoms with E-state index in [1.807, 2.05) is 0 Å². The number of benzene rings is 2. The summed E-state index contributed by atoms with van der Waals surface area (Å²) < 4.78 is 0. The topological polar surface area (TPSA) is 0 Å². The van der Waals surface area contributed by atoms with Gasteiger partial charge in [-0.2, -0.15) is 0 Å². The second-order valence-corrected chi connectivity index (χ2v) is 7.76. The maximum atomic E-state index is 6.81. The number of fused-ring (bicyclic) bond motifs is 2.